The first-order chi connectivity index (χ1) is 28.7. The zero-order chi connectivity index (χ0) is 38.7. The third-order valence-corrected chi connectivity index (χ3v) is 10.4. The van der Waals surface area contributed by atoms with E-state index in [-0.39, 0.29) is 0 Å². The molecule has 0 aliphatic heterocycles. The van der Waals surface area contributed by atoms with Gasteiger partial charge in [-0.3, -0.25) is 9.97 Å². The van der Waals surface area contributed by atoms with Crippen LogP contribution in [-0.2, 0) is 0 Å². The Hall–Kier alpha value is -7.89. The first-order valence-corrected chi connectivity index (χ1v) is 19.3. The predicted molar refractivity (Wildman–Crippen MR) is 236 cm³/mol. The Balaban J connectivity index is 0.922. The second-order valence-corrected chi connectivity index (χ2v) is 14.2. The normalized spacial score (nSPS) is 11.1. The van der Waals surface area contributed by atoms with E-state index in [1.165, 1.54) is 0 Å². The van der Waals surface area contributed by atoms with Crippen molar-refractivity contribution in [1.29, 1.82) is 0 Å². The van der Waals surface area contributed by atoms with Crippen LogP contribution in [0.4, 0.5) is 0 Å². The SMILES string of the molecule is c1ccc(-c2cc(-c3ccc(-c4ccc(-c5ccc(-c6nc(-c7ccccc7)cc(-c7ccccc7)n6)cc5)cc4)cn3)nc(-c3nccc4ccccc34)c2)cc1. The maximum atomic E-state index is 5.13. The molecule has 10 rings (SSSR count). The van der Waals surface area contributed by atoms with E-state index in [0.717, 1.165) is 95.0 Å². The lowest BCUT2D eigenvalue weighted by molar-refractivity contribution is 1.18. The molecule has 5 heteroatoms. The van der Waals surface area contributed by atoms with E-state index in [9.17, 15) is 0 Å². The van der Waals surface area contributed by atoms with Gasteiger partial charge in [-0.1, -0.05) is 170 Å². The van der Waals surface area contributed by atoms with Crippen molar-refractivity contribution in [3.05, 3.63) is 213 Å². The molecule has 0 N–H and O–H groups in total. The standard InChI is InChI=1S/C53H35N5/c1-4-12-36(13-5-1)45-32-50(56-51(33-45)52-46-19-11-10-14-40(46)30-31-54-52)47-29-28-44(35-55-47)39-22-20-37(21-23-39)38-24-26-43(27-25-38)53-57-48(41-15-6-2-7-16-41)34-49(58-53)42-17-8-3-9-18-42/h1-35H. The summed E-state index contributed by atoms with van der Waals surface area (Å²) in [5, 5.41) is 2.19. The molecule has 0 saturated heterocycles. The van der Waals surface area contributed by atoms with Crippen LogP contribution in [0.5, 0.6) is 0 Å². The molecule has 10 aromatic rings. The summed E-state index contributed by atoms with van der Waals surface area (Å²) in [6.07, 6.45) is 3.78. The second kappa shape index (κ2) is 15.3. The van der Waals surface area contributed by atoms with Crippen LogP contribution >= 0.6 is 0 Å². The number of fused-ring (bicyclic) bond motifs is 1. The molecule has 4 aromatic heterocycles. The summed E-state index contributed by atoms with van der Waals surface area (Å²) in [6.45, 7) is 0. The van der Waals surface area contributed by atoms with Crippen molar-refractivity contribution >= 4 is 10.8 Å². The van der Waals surface area contributed by atoms with Gasteiger partial charge in [0.05, 0.1) is 34.2 Å². The lowest BCUT2D eigenvalue weighted by Crippen LogP contribution is -1.96. The number of pyridine rings is 3. The molecule has 0 amide bonds. The van der Waals surface area contributed by atoms with E-state index in [1.807, 2.05) is 73.1 Å². The Labute approximate surface area is 337 Å². The number of hydrogen-bond donors (Lipinski definition) is 0. The summed E-state index contributed by atoms with van der Waals surface area (Å²) in [6, 6.07) is 68.8. The molecule has 0 spiro atoms. The summed E-state index contributed by atoms with van der Waals surface area (Å²) in [5.74, 6) is 0.696. The van der Waals surface area contributed by atoms with Crippen molar-refractivity contribution < 1.29 is 0 Å². The molecule has 5 nitrogen and oxygen atoms in total. The van der Waals surface area contributed by atoms with Gasteiger partial charge in [-0.05, 0) is 63.5 Å². The zero-order valence-corrected chi connectivity index (χ0v) is 31.4. The van der Waals surface area contributed by atoms with Gasteiger partial charge < -0.3 is 0 Å². The van der Waals surface area contributed by atoms with Crippen LogP contribution in [0.25, 0.3) is 101 Å². The van der Waals surface area contributed by atoms with Crippen LogP contribution in [0.3, 0.4) is 0 Å². The number of aromatic nitrogens is 5. The Kier molecular flexibility index (Phi) is 9.14. The Bertz CT molecular complexity index is 2940. The third kappa shape index (κ3) is 7.04. The minimum atomic E-state index is 0.696. The molecular formula is C53H35N5. The van der Waals surface area contributed by atoms with E-state index in [1.54, 1.807) is 0 Å². The lowest BCUT2D eigenvalue weighted by Gasteiger charge is -2.11. The van der Waals surface area contributed by atoms with Gasteiger partial charge in [0, 0.05) is 40.0 Å². The summed E-state index contributed by atoms with van der Waals surface area (Å²) in [7, 11) is 0. The van der Waals surface area contributed by atoms with Gasteiger partial charge in [0.2, 0.25) is 0 Å². The fourth-order valence-corrected chi connectivity index (χ4v) is 7.38. The fraction of sp³-hybridized carbons (Fsp3) is 0. The van der Waals surface area contributed by atoms with E-state index < -0.39 is 0 Å². The van der Waals surface area contributed by atoms with Crippen molar-refractivity contribution in [3.63, 3.8) is 0 Å². The first kappa shape index (κ1) is 34.6. The summed E-state index contributed by atoms with van der Waals surface area (Å²) in [5.41, 5.74) is 14.7. The highest BCUT2D eigenvalue weighted by Crippen LogP contribution is 2.34. The molecule has 6 aromatic carbocycles. The van der Waals surface area contributed by atoms with Gasteiger partial charge in [0.1, 0.15) is 0 Å². The second-order valence-electron chi connectivity index (χ2n) is 14.2. The van der Waals surface area contributed by atoms with Gasteiger partial charge >= 0.3 is 0 Å². The van der Waals surface area contributed by atoms with Gasteiger partial charge in [-0.25, -0.2) is 15.0 Å². The maximum Gasteiger partial charge on any atom is 0.160 e. The van der Waals surface area contributed by atoms with E-state index in [0.29, 0.717) is 5.82 Å². The molecule has 0 fully saturated rings. The molecule has 4 heterocycles. The summed E-state index contributed by atoms with van der Waals surface area (Å²) >= 11 is 0. The molecule has 58 heavy (non-hydrogen) atoms. The Morgan fingerprint density at radius 2 is 0.776 bits per heavy atom. The largest absolute Gasteiger partial charge is 0.254 e. The topological polar surface area (TPSA) is 64.5 Å². The molecule has 0 aliphatic carbocycles. The van der Waals surface area contributed by atoms with Crippen LogP contribution in [0.15, 0.2) is 213 Å². The molecule has 0 unspecified atom stereocenters. The molecule has 272 valence electrons. The van der Waals surface area contributed by atoms with E-state index in [4.69, 9.17) is 24.9 Å². The third-order valence-electron chi connectivity index (χ3n) is 10.4. The van der Waals surface area contributed by atoms with Gasteiger partial charge in [0.25, 0.3) is 0 Å². The predicted octanol–water partition coefficient (Wildman–Crippen LogP) is 13.2. The highest BCUT2D eigenvalue weighted by molar-refractivity contribution is 5.94. The molecule has 0 radical (unpaired) electrons. The average molecular weight is 742 g/mol. The Morgan fingerprint density at radius 1 is 0.276 bits per heavy atom. The summed E-state index contributed by atoms with van der Waals surface area (Å²) in [4.78, 5) is 24.8. The number of hydrogen-bond acceptors (Lipinski definition) is 5. The minimum absolute atomic E-state index is 0.696. The average Bonchev–Trinajstić information content (AvgIpc) is 3.32. The van der Waals surface area contributed by atoms with Crippen molar-refractivity contribution in [2.24, 2.45) is 0 Å². The highest BCUT2D eigenvalue weighted by Gasteiger charge is 2.14. The van der Waals surface area contributed by atoms with Crippen molar-refractivity contribution in [3.8, 4) is 90.1 Å². The van der Waals surface area contributed by atoms with Crippen LogP contribution in [0.1, 0.15) is 0 Å². The van der Waals surface area contributed by atoms with Gasteiger partial charge in [0.15, 0.2) is 5.82 Å². The van der Waals surface area contributed by atoms with Crippen molar-refractivity contribution in [2.45, 2.75) is 0 Å². The Morgan fingerprint density at radius 3 is 1.38 bits per heavy atom. The molecule has 0 aliphatic rings. The zero-order valence-electron chi connectivity index (χ0n) is 31.4. The van der Waals surface area contributed by atoms with Crippen LogP contribution in [0, 0.1) is 0 Å². The fourth-order valence-electron chi connectivity index (χ4n) is 7.38. The molecular weight excluding hydrogens is 707 g/mol. The van der Waals surface area contributed by atoms with Crippen molar-refractivity contribution in [1.82, 2.24) is 24.9 Å². The number of nitrogens with zero attached hydrogens (tertiary/aromatic N) is 5. The van der Waals surface area contributed by atoms with E-state index >= 15 is 0 Å². The van der Waals surface area contributed by atoms with Crippen LogP contribution < -0.4 is 0 Å². The van der Waals surface area contributed by atoms with Gasteiger partial charge in [-0.2, -0.15) is 0 Å². The van der Waals surface area contributed by atoms with Crippen molar-refractivity contribution in [2.75, 3.05) is 0 Å². The lowest BCUT2D eigenvalue weighted by atomic mass is 9.99. The molecule has 0 bridgehead atoms. The van der Waals surface area contributed by atoms with Crippen LogP contribution in [-0.4, -0.2) is 24.9 Å². The quantitative estimate of drug-likeness (QED) is 0.155. The van der Waals surface area contributed by atoms with E-state index in [2.05, 4.69) is 140 Å². The van der Waals surface area contributed by atoms with Crippen LogP contribution in [0.2, 0.25) is 0 Å². The monoisotopic (exact) mass is 741 g/mol. The maximum absolute atomic E-state index is 5.13. The smallest absolute Gasteiger partial charge is 0.160 e. The number of rotatable bonds is 8. The number of benzene rings is 6. The first-order valence-electron chi connectivity index (χ1n) is 19.3. The highest BCUT2D eigenvalue weighted by atomic mass is 14.9. The summed E-state index contributed by atoms with van der Waals surface area (Å²) < 4.78 is 0. The van der Waals surface area contributed by atoms with Gasteiger partial charge in [-0.15, -0.1) is 0 Å². The minimum Gasteiger partial charge on any atom is -0.254 e. The molecule has 0 atom stereocenters. The molecule has 0 saturated carbocycles.